The van der Waals surface area contributed by atoms with E-state index in [1.54, 1.807) is 19.1 Å². The van der Waals surface area contributed by atoms with E-state index in [9.17, 15) is 16.8 Å². The number of sulfonamides is 1. The van der Waals surface area contributed by atoms with Crippen molar-refractivity contribution in [2.45, 2.75) is 43.4 Å². The molecule has 12 heteroatoms. The fourth-order valence-corrected chi connectivity index (χ4v) is 5.85. The summed E-state index contributed by atoms with van der Waals surface area (Å²) in [5.74, 6) is 0.488. The van der Waals surface area contributed by atoms with Crippen LogP contribution in [0.4, 0.5) is 5.82 Å². The van der Waals surface area contributed by atoms with Crippen LogP contribution >= 0.6 is 0 Å². The number of morpholine rings is 1. The number of aromatic nitrogens is 3. The molecular formula is C19H25N5O5S2. The molecule has 1 atom stereocenters. The number of ether oxygens (including phenoxy) is 1. The third kappa shape index (κ3) is 3.56. The molecule has 4 heterocycles. The third-order valence-corrected chi connectivity index (χ3v) is 9.28. The highest BCUT2D eigenvalue weighted by Gasteiger charge is 2.44. The summed E-state index contributed by atoms with van der Waals surface area (Å²) in [4.78, 5) is 6.49. The highest BCUT2D eigenvalue weighted by molar-refractivity contribution is 7.92. The summed E-state index contributed by atoms with van der Waals surface area (Å²) in [5, 5.41) is 6.85. The first-order valence-corrected chi connectivity index (χ1v) is 13.1. The molecule has 0 saturated carbocycles. The Morgan fingerprint density at radius 3 is 2.58 bits per heavy atom. The van der Waals surface area contributed by atoms with Crippen molar-refractivity contribution in [2.75, 3.05) is 30.9 Å². The Kier molecular flexibility index (Phi) is 5.02. The van der Waals surface area contributed by atoms with Gasteiger partial charge in [0.2, 0.25) is 0 Å². The average Bonchev–Trinajstić information content (AvgIpc) is 3.21. The Morgan fingerprint density at radius 2 is 2.00 bits per heavy atom. The molecule has 0 unspecified atom stereocenters. The molecule has 1 fully saturated rings. The van der Waals surface area contributed by atoms with Crippen LogP contribution in [0.5, 0.6) is 0 Å². The number of anilines is 1. The zero-order chi connectivity index (χ0) is 22.8. The molecule has 0 amide bonds. The van der Waals surface area contributed by atoms with Crippen molar-refractivity contribution < 1.29 is 21.6 Å². The first-order chi connectivity index (χ1) is 14.3. The van der Waals surface area contributed by atoms with Gasteiger partial charge in [0.1, 0.15) is 22.1 Å². The number of nitrogens with zero attached hydrogens (tertiary/aromatic N) is 4. The number of hydrogen-bond donors (Lipinski definition) is 1. The zero-order valence-corrected chi connectivity index (χ0v) is 19.6. The Morgan fingerprint density at radius 1 is 1.29 bits per heavy atom. The van der Waals surface area contributed by atoms with Crippen molar-refractivity contribution in [2.24, 2.45) is 4.40 Å². The summed E-state index contributed by atoms with van der Waals surface area (Å²) < 4.78 is 59.5. The van der Waals surface area contributed by atoms with Crippen LogP contribution in [0, 0.1) is 6.92 Å². The number of pyridine rings is 1. The van der Waals surface area contributed by atoms with Crippen molar-refractivity contribution in [1.29, 1.82) is 0 Å². The predicted molar refractivity (Wildman–Crippen MR) is 116 cm³/mol. The van der Waals surface area contributed by atoms with Gasteiger partial charge in [0.25, 0.3) is 10.0 Å². The van der Waals surface area contributed by atoms with Gasteiger partial charge >= 0.3 is 0 Å². The van der Waals surface area contributed by atoms with E-state index in [1.807, 2.05) is 11.8 Å². The quantitative estimate of drug-likeness (QED) is 0.708. The van der Waals surface area contributed by atoms with Crippen LogP contribution in [0.1, 0.15) is 43.4 Å². The molecule has 0 spiro atoms. The van der Waals surface area contributed by atoms with Gasteiger partial charge in [-0.1, -0.05) is 0 Å². The van der Waals surface area contributed by atoms with Crippen LogP contribution < -0.4 is 4.90 Å². The summed E-state index contributed by atoms with van der Waals surface area (Å²) >= 11 is 0. The van der Waals surface area contributed by atoms with E-state index < -0.39 is 24.6 Å². The molecular weight excluding hydrogens is 442 g/mol. The van der Waals surface area contributed by atoms with Gasteiger partial charge in [0, 0.05) is 12.8 Å². The van der Waals surface area contributed by atoms with Crippen LogP contribution in [0.3, 0.4) is 0 Å². The highest BCUT2D eigenvalue weighted by atomic mass is 32.2. The molecule has 2 aliphatic heterocycles. The maximum atomic E-state index is 13.1. The van der Waals surface area contributed by atoms with E-state index in [2.05, 4.69) is 19.6 Å². The minimum atomic E-state index is -4.16. The molecule has 0 radical (unpaired) electrons. The maximum absolute atomic E-state index is 13.1. The zero-order valence-electron chi connectivity index (χ0n) is 18.0. The van der Waals surface area contributed by atoms with Crippen LogP contribution in [0.2, 0.25) is 0 Å². The molecule has 10 nitrogen and oxygen atoms in total. The van der Waals surface area contributed by atoms with Crippen molar-refractivity contribution in [1.82, 2.24) is 15.2 Å². The molecule has 4 rings (SSSR count). The normalized spacial score (nSPS) is 21.1. The molecule has 0 aliphatic carbocycles. The van der Waals surface area contributed by atoms with Crippen LogP contribution in [-0.2, 0) is 29.3 Å². The number of H-pyrrole nitrogens is 1. The number of fused-ring (bicyclic) bond motifs is 1. The number of sulfone groups is 1. The maximum Gasteiger partial charge on any atom is 0.285 e. The van der Waals surface area contributed by atoms with Gasteiger partial charge in [-0.3, -0.25) is 5.10 Å². The Labute approximate surface area is 181 Å². The van der Waals surface area contributed by atoms with Crippen LogP contribution in [0.15, 0.2) is 21.4 Å². The molecule has 2 aromatic heterocycles. The van der Waals surface area contributed by atoms with Crippen molar-refractivity contribution >= 4 is 31.4 Å². The summed E-state index contributed by atoms with van der Waals surface area (Å²) in [7, 11) is -7.83. The molecule has 1 saturated heterocycles. The number of rotatable bonds is 4. The summed E-state index contributed by atoms with van der Waals surface area (Å²) in [6.45, 7) is 8.27. The lowest BCUT2D eigenvalue weighted by atomic mass is 9.99. The molecule has 0 aromatic carbocycles. The Bertz CT molecular complexity index is 1290. The molecule has 2 aromatic rings. The van der Waals surface area contributed by atoms with Gasteiger partial charge in [-0.15, -0.1) is 0 Å². The molecule has 168 valence electrons. The summed E-state index contributed by atoms with van der Waals surface area (Å²) in [6, 6.07) is 3.23. The monoisotopic (exact) mass is 467 g/mol. The number of nitrogens with one attached hydrogen (secondary N) is 1. The van der Waals surface area contributed by atoms with Gasteiger partial charge in [0.15, 0.2) is 9.84 Å². The number of aryl methyl sites for hydroxylation is 1. The fourth-order valence-electron chi connectivity index (χ4n) is 3.73. The standard InChI is InChI=1S/C19H25N5O5S2/c1-11-8-14(22-21-11)16-17-18(31(27,28)23-16)13(19(3,4)30(5,25)26)9-15(20-17)24-6-7-29-10-12(24)2/h8-9,12H,6-7,10H2,1-5H3,(H,21,22)/t12-/m1/s1. The minimum absolute atomic E-state index is 0.0127. The van der Waals surface area contributed by atoms with E-state index in [4.69, 9.17) is 4.74 Å². The van der Waals surface area contributed by atoms with Gasteiger partial charge in [0.05, 0.1) is 35.4 Å². The first-order valence-electron chi connectivity index (χ1n) is 9.80. The largest absolute Gasteiger partial charge is 0.377 e. The van der Waals surface area contributed by atoms with E-state index >= 15 is 0 Å². The molecule has 31 heavy (non-hydrogen) atoms. The van der Waals surface area contributed by atoms with Gasteiger partial charge in [-0.2, -0.15) is 17.9 Å². The lowest BCUT2D eigenvalue weighted by Crippen LogP contribution is -2.44. The second-order valence-corrected chi connectivity index (χ2v) is 12.5. The van der Waals surface area contributed by atoms with Crippen molar-refractivity contribution in [3.8, 4) is 0 Å². The van der Waals surface area contributed by atoms with Gasteiger partial charge < -0.3 is 9.64 Å². The van der Waals surface area contributed by atoms with Gasteiger partial charge in [-0.05, 0) is 45.4 Å². The second kappa shape index (κ2) is 7.10. The molecule has 0 bridgehead atoms. The predicted octanol–water partition coefficient (Wildman–Crippen LogP) is 1.16. The van der Waals surface area contributed by atoms with Gasteiger partial charge in [-0.25, -0.2) is 13.4 Å². The van der Waals surface area contributed by atoms with E-state index in [0.29, 0.717) is 37.0 Å². The minimum Gasteiger partial charge on any atom is -0.377 e. The second-order valence-electron chi connectivity index (χ2n) is 8.44. The van der Waals surface area contributed by atoms with E-state index in [1.165, 1.54) is 13.8 Å². The van der Waals surface area contributed by atoms with Crippen LogP contribution in [-0.4, -0.2) is 69.8 Å². The Hall–Kier alpha value is -2.31. The van der Waals surface area contributed by atoms with Crippen molar-refractivity contribution in [3.63, 3.8) is 0 Å². The summed E-state index contributed by atoms with van der Waals surface area (Å²) in [5.41, 5.74) is 1.49. The smallest absolute Gasteiger partial charge is 0.285 e. The van der Waals surface area contributed by atoms with E-state index in [-0.39, 0.29) is 27.9 Å². The Balaban J connectivity index is 2.03. The summed E-state index contributed by atoms with van der Waals surface area (Å²) in [6.07, 6.45) is 1.10. The number of aromatic amines is 1. The topological polar surface area (TPSA) is 135 Å². The lowest BCUT2D eigenvalue weighted by molar-refractivity contribution is 0.0985. The molecule has 2 aliphatic rings. The SMILES string of the molecule is Cc1cc(C2=NS(=O)(=O)c3c(C(C)(C)S(C)(=O)=O)cc(N4CCOC[C@H]4C)nc32)[nH]n1. The third-order valence-electron chi connectivity index (χ3n) is 5.85. The van der Waals surface area contributed by atoms with Crippen molar-refractivity contribution in [3.05, 3.63) is 34.8 Å². The number of hydrogen-bond acceptors (Lipinski definition) is 8. The van der Waals surface area contributed by atoms with Crippen LogP contribution in [0.25, 0.3) is 0 Å². The highest BCUT2D eigenvalue weighted by Crippen LogP contribution is 2.41. The lowest BCUT2D eigenvalue weighted by Gasteiger charge is -2.35. The first kappa shape index (κ1) is 21.9. The average molecular weight is 468 g/mol. The fraction of sp³-hybridized carbons (Fsp3) is 0.526. The molecule has 1 N–H and O–H groups in total. The van der Waals surface area contributed by atoms with E-state index in [0.717, 1.165) is 6.26 Å².